The Morgan fingerprint density at radius 1 is 0.568 bits per heavy atom. The van der Waals surface area contributed by atoms with Gasteiger partial charge in [0.05, 0.1) is 32.7 Å². The highest BCUT2D eigenvalue weighted by Crippen LogP contribution is 2.28. The lowest BCUT2D eigenvalue weighted by Gasteiger charge is -2.26. The van der Waals surface area contributed by atoms with Gasteiger partial charge in [0.25, 0.3) is 0 Å². The van der Waals surface area contributed by atoms with Crippen molar-refractivity contribution in [3.05, 3.63) is 0 Å². The Morgan fingerprint density at radius 3 is 1.16 bits per heavy atom. The molecule has 0 radical (unpaired) electrons. The van der Waals surface area contributed by atoms with Gasteiger partial charge < -0.3 is 19.3 Å². The van der Waals surface area contributed by atoms with Crippen molar-refractivity contribution < 1.29 is 33.7 Å². The molecule has 1 N–H and O–H groups in total. The van der Waals surface area contributed by atoms with Crippen molar-refractivity contribution in [1.29, 1.82) is 0 Å². The fraction of sp³-hybridized carbons (Fsp3) is 0.900. The highest BCUT2D eigenvalue weighted by atomic mass is 16.6. The van der Waals surface area contributed by atoms with E-state index >= 15 is 0 Å². The summed E-state index contributed by atoms with van der Waals surface area (Å²) in [6, 6.07) is 0. The average molecular weight is 529 g/mol. The summed E-state index contributed by atoms with van der Waals surface area (Å²) in [4.78, 5) is 37.8. The van der Waals surface area contributed by atoms with Crippen molar-refractivity contribution in [2.24, 2.45) is 16.2 Å². The quantitative estimate of drug-likeness (QED) is 0.106. The minimum atomic E-state index is -2.32. The van der Waals surface area contributed by atoms with Crippen molar-refractivity contribution in [3.8, 4) is 0 Å². The van der Waals surface area contributed by atoms with Gasteiger partial charge in [0.1, 0.15) is 0 Å². The van der Waals surface area contributed by atoms with Crippen LogP contribution >= 0.6 is 0 Å². The smallest absolute Gasteiger partial charge is 0.339 e. The Balaban J connectivity index is 5.04. The summed E-state index contributed by atoms with van der Waals surface area (Å²) >= 11 is 0. The second kappa shape index (κ2) is 16.4. The first kappa shape index (κ1) is 35.4. The zero-order chi connectivity index (χ0) is 28.8. The summed E-state index contributed by atoms with van der Waals surface area (Å²) in [5, 5.41) is 11.1. The van der Waals surface area contributed by atoms with E-state index in [4.69, 9.17) is 14.2 Å². The summed E-state index contributed by atoms with van der Waals surface area (Å²) < 4.78 is 15.9. The zero-order valence-corrected chi connectivity index (χ0v) is 25.3. The third-order valence-electron chi connectivity index (χ3n) is 7.88. The predicted octanol–water partition coefficient (Wildman–Crippen LogP) is 6.78. The van der Waals surface area contributed by atoms with Crippen LogP contribution in [0.25, 0.3) is 0 Å². The minimum absolute atomic E-state index is 0.104. The van der Waals surface area contributed by atoms with E-state index in [0.29, 0.717) is 19.3 Å². The van der Waals surface area contributed by atoms with E-state index in [9.17, 15) is 19.5 Å². The Bertz CT molecular complexity index is 656. The number of esters is 3. The monoisotopic (exact) mass is 528 g/mol. The standard InChI is InChI=1S/C30H56O7/c1-10-27(4,5)16-13-19-35-24(31)22-30(34,26(33)37-21-15-18-29(8,9)12-3)23-25(32)36-20-14-17-28(6,7)11-2/h34H,10-23H2,1-9H3. The first-order chi connectivity index (χ1) is 17.0. The Hall–Kier alpha value is -1.63. The van der Waals surface area contributed by atoms with Gasteiger partial charge in [0.2, 0.25) is 0 Å². The number of carbonyl (C=O) groups is 3. The van der Waals surface area contributed by atoms with Crippen LogP contribution in [0, 0.1) is 16.2 Å². The summed E-state index contributed by atoms with van der Waals surface area (Å²) in [7, 11) is 0. The van der Waals surface area contributed by atoms with Crippen LogP contribution in [0.5, 0.6) is 0 Å². The Kier molecular flexibility index (Phi) is 15.6. The molecule has 7 heteroatoms. The molecule has 0 unspecified atom stereocenters. The maximum absolute atomic E-state index is 12.8. The molecule has 0 aliphatic carbocycles. The van der Waals surface area contributed by atoms with Crippen molar-refractivity contribution in [3.63, 3.8) is 0 Å². The molecule has 0 amide bonds. The first-order valence-electron chi connectivity index (χ1n) is 14.2. The van der Waals surface area contributed by atoms with Gasteiger partial charge in [-0.15, -0.1) is 0 Å². The van der Waals surface area contributed by atoms with E-state index in [1.165, 1.54) is 0 Å². The topological polar surface area (TPSA) is 99.1 Å². The van der Waals surface area contributed by atoms with Gasteiger partial charge >= 0.3 is 17.9 Å². The van der Waals surface area contributed by atoms with Crippen LogP contribution in [0.15, 0.2) is 0 Å². The molecular formula is C30H56O7. The second-order valence-corrected chi connectivity index (χ2v) is 12.8. The molecule has 0 aromatic carbocycles. The van der Waals surface area contributed by atoms with E-state index in [2.05, 4.69) is 62.3 Å². The number of aliphatic hydroxyl groups is 1. The third-order valence-corrected chi connectivity index (χ3v) is 7.88. The average Bonchev–Trinajstić information content (AvgIpc) is 2.82. The van der Waals surface area contributed by atoms with E-state index < -0.39 is 36.4 Å². The molecule has 0 saturated heterocycles. The molecule has 7 nitrogen and oxygen atoms in total. The van der Waals surface area contributed by atoms with Gasteiger partial charge in [-0.1, -0.05) is 81.6 Å². The van der Waals surface area contributed by atoms with E-state index in [0.717, 1.165) is 38.5 Å². The molecule has 0 aliphatic rings. The maximum atomic E-state index is 12.8. The highest BCUT2D eigenvalue weighted by molar-refractivity contribution is 5.90. The van der Waals surface area contributed by atoms with Crippen molar-refractivity contribution in [1.82, 2.24) is 0 Å². The van der Waals surface area contributed by atoms with Gasteiger partial charge in [0, 0.05) is 0 Å². The molecule has 0 heterocycles. The lowest BCUT2D eigenvalue weighted by Crippen LogP contribution is -2.45. The van der Waals surface area contributed by atoms with E-state index in [1.807, 2.05) is 0 Å². The zero-order valence-electron chi connectivity index (χ0n) is 25.3. The molecule has 0 fully saturated rings. The molecular weight excluding hydrogens is 472 g/mol. The molecule has 37 heavy (non-hydrogen) atoms. The van der Waals surface area contributed by atoms with Gasteiger partial charge in [0.15, 0.2) is 5.60 Å². The van der Waals surface area contributed by atoms with Gasteiger partial charge in [-0.2, -0.15) is 0 Å². The van der Waals surface area contributed by atoms with Crippen LogP contribution < -0.4 is 0 Å². The molecule has 0 spiro atoms. The maximum Gasteiger partial charge on any atom is 0.339 e. The number of ether oxygens (including phenoxy) is 3. The largest absolute Gasteiger partial charge is 0.466 e. The minimum Gasteiger partial charge on any atom is -0.466 e. The molecule has 0 aliphatic heterocycles. The number of hydrogen-bond acceptors (Lipinski definition) is 7. The summed E-state index contributed by atoms with van der Waals surface area (Å²) in [5.41, 5.74) is -1.90. The van der Waals surface area contributed by atoms with Crippen LogP contribution in [0.2, 0.25) is 0 Å². The number of carbonyl (C=O) groups excluding carboxylic acids is 3. The highest BCUT2D eigenvalue weighted by Gasteiger charge is 2.43. The van der Waals surface area contributed by atoms with E-state index in [-0.39, 0.29) is 36.1 Å². The third kappa shape index (κ3) is 16.0. The van der Waals surface area contributed by atoms with Gasteiger partial charge in [-0.05, 0) is 54.8 Å². The molecule has 0 bridgehead atoms. The summed E-state index contributed by atoms with van der Waals surface area (Å²) in [6.45, 7) is 19.7. The Labute approximate surface area is 226 Å². The molecule has 0 saturated carbocycles. The summed E-state index contributed by atoms with van der Waals surface area (Å²) in [5.74, 6) is -2.47. The van der Waals surface area contributed by atoms with Gasteiger partial charge in [-0.3, -0.25) is 9.59 Å². The fourth-order valence-electron chi connectivity index (χ4n) is 3.64. The van der Waals surface area contributed by atoms with Crippen LogP contribution in [0.1, 0.15) is 133 Å². The van der Waals surface area contributed by atoms with Crippen LogP contribution in [-0.4, -0.2) is 48.4 Å². The Morgan fingerprint density at radius 2 is 0.865 bits per heavy atom. The summed E-state index contributed by atoms with van der Waals surface area (Å²) in [6.07, 6.45) is 6.32. The molecule has 0 aromatic heterocycles. The first-order valence-corrected chi connectivity index (χ1v) is 14.2. The molecule has 218 valence electrons. The predicted molar refractivity (Wildman–Crippen MR) is 147 cm³/mol. The van der Waals surface area contributed by atoms with Crippen LogP contribution in [-0.2, 0) is 28.6 Å². The number of rotatable bonds is 20. The second-order valence-electron chi connectivity index (χ2n) is 12.8. The molecule has 0 rings (SSSR count). The SMILES string of the molecule is CCC(C)(C)CCCOC(=O)CC(O)(CC(=O)OCCCC(C)(C)CC)C(=O)OCCCC(C)(C)CC. The van der Waals surface area contributed by atoms with Crippen molar-refractivity contribution in [2.75, 3.05) is 19.8 Å². The van der Waals surface area contributed by atoms with Crippen LogP contribution in [0.3, 0.4) is 0 Å². The lowest BCUT2D eigenvalue weighted by molar-refractivity contribution is -0.178. The van der Waals surface area contributed by atoms with Crippen LogP contribution in [0.4, 0.5) is 0 Å². The van der Waals surface area contributed by atoms with Gasteiger partial charge in [-0.25, -0.2) is 4.79 Å². The molecule has 0 atom stereocenters. The normalized spacial score (nSPS) is 12.8. The van der Waals surface area contributed by atoms with Crippen molar-refractivity contribution >= 4 is 17.9 Å². The number of hydrogen-bond donors (Lipinski definition) is 1. The lowest BCUT2D eigenvalue weighted by atomic mass is 9.85. The van der Waals surface area contributed by atoms with Crippen molar-refractivity contribution in [2.45, 2.75) is 139 Å². The molecule has 0 aromatic rings. The van der Waals surface area contributed by atoms with E-state index in [1.54, 1.807) is 0 Å². The fourth-order valence-corrected chi connectivity index (χ4v) is 3.64.